The Morgan fingerprint density at radius 3 is 1.14 bits per heavy atom. The van der Waals surface area contributed by atoms with Crippen LogP contribution < -0.4 is 10.6 Å². The zero-order valence-electron chi connectivity index (χ0n) is 24.4. The van der Waals surface area contributed by atoms with E-state index in [1.54, 1.807) is 0 Å². The van der Waals surface area contributed by atoms with Gasteiger partial charge in [-0.25, -0.2) is 0 Å². The molecule has 0 aliphatic carbocycles. The van der Waals surface area contributed by atoms with Crippen LogP contribution in [0.3, 0.4) is 0 Å². The van der Waals surface area contributed by atoms with Crippen molar-refractivity contribution in [1.29, 1.82) is 0 Å². The fourth-order valence-electron chi connectivity index (χ4n) is 6.47. The maximum Gasteiger partial charge on any atom is 0.0430 e. The average Bonchev–Trinajstić information content (AvgIpc) is 3.09. The van der Waals surface area contributed by atoms with E-state index < -0.39 is 0 Å². The second kappa shape index (κ2) is 11.2. The van der Waals surface area contributed by atoms with Crippen molar-refractivity contribution < 1.29 is 0 Å². The van der Waals surface area contributed by atoms with E-state index >= 15 is 0 Å². The highest BCUT2D eigenvalue weighted by Crippen LogP contribution is 2.44. The third-order valence-electron chi connectivity index (χ3n) is 8.70. The van der Waals surface area contributed by atoms with E-state index in [0.717, 1.165) is 24.5 Å². The van der Waals surface area contributed by atoms with Crippen LogP contribution in [-0.4, -0.2) is 0 Å². The summed E-state index contributed by atoms with van der Waals surface area (Å²) in [6.45, 7) is 1.47. The monoisotopic (exact) mass is 564 g/mol. The third kappa shape index (κ3) is 4.91. The van der Waals surface area contributed by atoms with E-state index in [1.165, 1.54) is 65.3 Å². The van der Waals surface area contributed by atoms with E-state index in [1.807, 2.05) is 0 Å². The van der Waals surface area contributed by atoms with E-state index in [9.17, 15) is 0 Å². The van der Waals surface area contributed by atoms with E-state index in [0.29, 0.717) is 0 Å². The topological polar surface area (TPSA) is 24.1 Å². The minimum absolute atomic E-state index is 0.737. The van der Waals surface area contributed by atoms with Crippen molar-refractivity contribution in [1.82, 2.24) is 0 Å². The summed E-state index contributed by atoms with van der Waals surface area (Å²) in [7, 11) is 0. The summed E-state index contributed by atoms with van der Waals surface area (Å²) in [6.07, 6.45) is 0. The number of hydrogen-bond donors (Lipinski definition) is 2. The molecule has 0 saturated carbocycles. The Bertz CT molecular complexity index is 2130. The Balaban J connectivity index is 1.24. The maximum atomic E-state index is 3.84. The second-order valence-electron chi connectivity index (χ2n) is 11.5. The Labute approximate surface area is 257 Å². The number of benzene rings is 8. The van der Waals surface area contributed by atoms with Gasteiger partial charge in [0.15, 0.2) is 0 Å². The molecule has 0 heterocycles. The first-order valence-corrected chi connectivity index (χ1v) is 15.3. The summed E-state index contributed by atoms with van der Waals surface area (Å²) in [6, 6.07) is 57.0. The molecular formula is C42H32N2. The van der Waals surface area contributed by atoms with Gasteiger partial charge in [0.1, 0.15) is 0 Å². The molecule has 8 rings (SSSR count). The van der Waals surface area contributed by atoms with Crippen LogP contribution in [0.2, 0.25) is 0 Å². The highest BCUT2D eigenvalue weighted by Gasteiger charge is 2.17. The molecule has 0 unspecified atom stereocenters. The summed E-state index contributed by atoms with van der Waals surface area (Å²) in [5.74, 6) is 0. The van der Waals surface area contributed by atoms with Crippen LogP contribution in [0.1, 0.15) is 11.1 Å². The van der Waals surface area contributed by atoms with Crippen molar-refractivity contribution in [3.63, 3.8) is 0 Å². The molecule has 0 aromatic heterocycles. The predicted octanol–water partition coefficient (Wildman–Crippen LogP) is 11.2. The molecule has 0 amide bonds. The number of fused-ring (bicyclic) bond motifs is 4. The molecule has 8 aromatic carbocycles. The van der Waals surface area contributed by atoms with Crippen LogP contribution in [0.15, 0.2) is 158 Å². The van der Waals surface area contributed by atoms with E-state index in [4.69, 9.17) is 0 Å². The van der Waals surface area contributed by atoms with Crippen molar-refractivity contribution in [3.8, 4) is 11.1 Å². The highest BCUT2D eigenvalue weighted by atomic mass is 14.9. The summed E-state index contributed by atoms with van der Waals surface area (Å²) in [5.41, 5.74) is 7.22. The normalized spacial score (nSPS) is 11.4. The van der Waals surface area contributed by atoms with Gasteiger partial charge in [-0.15, -0.1) is 0 Å². The van der Waals surface area contributed by atoms with Gasteiger partial charge in [0.2, 0.25) is 0 Å². The minimum atomic E-state index is 0.737. The third-order valence-corrected chi connectivity index (χ3v) is 8.70. The maximum absolute atomic E-state index is 3.84. The van der Waals surface area contributed by atoms with Crippen LogP contribution in [0, 0.1) is 0 Å². The lowest BCUT2D eigenvalue weighted by Crippen LogP contribution is -2.05. The Kier molecular flexibility index (Phi) is 6.66. The van der Waals surface area contributed by atoms with E-state index in [-0.39, 0.29) is 0 Å². The summed E-state index contributed by atoms with van der Waals surface area (Å²) >= 11 is 0. The van der Waals surface area contributed by atoms with Crippen molar-refractivity contribution in [2.75, 3.05) is 10.6 Å². The first-order valence-electron chi connectivity index (χ1n) is 15.3. The molecule has 0 spiro atoms. The molecule has 0 aliphatic rings. The number of anilines is 2. The van der Waals surface area contributed by atoms with Gasteiger partial charge in [-0.05, 0) is 78.5 Å². The standard InChI is InChI=1S/C42H32N2/c1-3-13-35-25-29(17-19-31(35)9-1)27-43-39-23-21-33-11-5-7-15-37(33)41(39)42-38-16-8-6-12-34(38)22-24-40(42)44-28-30-18-20-32-10-2-4-14-36(32)26-30/h1-26,43-44H,27-28H2. The zero-order chi connectivity index (χ0) is 29.3. The van der Waals surface area contributed by atoms with Gasteiger partial charge >= 0.3 is 0 Å². The Hall–Kier alpha value is -5.60. The van der Waals surface area contributed by atoms with Gasteiger partial charge in [-0.1, -0.05) is 133 Å². The lowest BCUT2D eigenvalue weighted by molar-refractivity contribution is 1.15. The van der Waals surface area contributed by atoms with Crippen LogP contribution >= 0.6 is 0 Å². The van der Waals surface area contributed by atoms with E-state index in [2.05, 4.69) is 168 Å². The molecule has 0 fully saturated rings. The molecule has 8 aromatic rings. The molecular weight excluding hydrogens is 532 g/mol. The number of hydrogen-bond acceptors (Lipinski definition) is 2. The van der Waals surface area contributed by atoms with Crippen molar-refractivity contribution in [3.05, 3.63) is 169 Å². The summed E-state index contributed by atoms with van der Waals surface area (Å²) in [4.78, 5) is 0. The van der Waals surface area contributed by atoms with Gasteiger partial charge in [0.05, 0.1) is 0 Å². The number of rotatable bonds is 7. The highest BCUT2D eigenvalue weighted by molar-refractivity contribution is 6.13. The fourth-order valence-corrected chi connectivity index (χ4v) is 6.47. The minimum Gasteiger partial charge on any atom is -0.380 e. The van der Waals surface area contributed by atoms with Gasteiger partial charge in [-0.2, -0.15) is 0 Å². The van der Waals surface area contributed by atoms with Crippen LogP contribution in [0.4, 0.5) is 11.4 Å². The van der Waals surface area contributed by atoms with Crippen molar-refractivity contribution in [2.24, 2.45) is 0 Å². The summed E-state index contributed by atoms with van der Waals surface area (Å²) < 4.78 is 0. The van der Waals surface area contributed by atoms with Gasteiger partial charge < -0.3 is 10.6 Å². The fraction of sp³-hybridized carbons (Fsp3) is 0.0476. The molecule has 0 bridgehead atoms. The Morgan fingerprint density at radius 2 is 0.682 bits per heavy atom. The molecule has 2 heteroatoms. The molecule has 0 radical (unpaired) electrons. The molecule has 0 saturated heterocycles. The quantitative estimate of drug-likeness (QED) is 0.201. The first-order chi connectivity index (χ1) is 21.8. The van der Waals surface area contributed by atoms with Crippen molar-refractivity contribution >= 4 is 54.5 Å². The molecule has 2 N–H and O–H groups in total. The van der Waals surface area contributed by atoms with Gasteiger partial charge in [0.25, 0.3) is 0 Å². The SMILES string of the molecule is c1ccc2cc(CNc3ccc4ccccc4c3-c3c(NCc4ccc5ccccc5c4)ccc4ccccc34)ccc2c1. The molecule has 0 atom stereocenters. The lowest BCUT2D eigenvalue weighted by atomic mass is 9.90. The van der Waals surface area contributed by atoms with Gasteiger partial charge in [0, 0.05) is 35.6 Å². The van der Waals surface area contributed by atoms with Crippen molar-refractivity contribution in [2.45, 2.75) is 13.1 Å². The largest absolute Gasteiger partial charge is 0.380 e. The van der Waals surface area contributed by atoms with Gasteiger partial charge in [-0.3, -0.25) is 0 Å². The average molecular weight is 565 g/mol. The summed E-state index contributed by atoms with van der Waals surface area (Å²) in [5, 5.41) is 17.7. The molecule has 2 nitrogen and oxygen atoms in total. The molecule has 0 aliphatic heterocycles. The second-order valence-corrected chi connectivity index (χ2v) is 11.5. The number of nitrogens with one attached hydrogen (secondary N) is 2. The van der Waals surface area contributed by atoms with Crippen LogP contribution in [0.25, 0.3) is 54.2 Å². The smallest absolute Gasteiger partial charge is 0.0430 e. The van der Waals surface area contributed by atoms with Crippen LogP contribution in [-0.2, 0) is 13.1 Å². The molecule has 44 heavy (non-hydrogen) atoms. The predicted molar refractivity (Wildman–Crippen MR) is 189 cm³/mol. The first kappa shape index (κ1) is 26.1. The zero-order valence-corrected chi connectivity index (χ0v) is 24.4. The Morgan fingerprint density at radius 1 is 0.318 bits per heavy atom. The van der Waals surface area contributed by atoms with Crippen LogP contribution in [0.5, 0.6) is 0 Å². The lowest BCUT2D eigenvalue weighted by Gasteiger charge is -2.21. The molecule has 210 valence electrons.